The number of esters is 2. The Bertz CT molecular complexity index is 977. The number of carbonyl (C=O) groups is 3. The Labute approximate surface area is 291 Å². The molecule has 0 N–H and O–H groups in total. The Morgan fingerprint density at radius 2 is 1.17 bits per heavy atom. The van der Waals surface area contributed by atoms with Crippen molar-refractivity contribution in [1.82, 2.24) is 0 Å². The van der Waals surface area contributed by atoms with Crippen LogP contribution in [0.2, 0.25) is 0 Å². The van der Waals surface area contributed by atoms with Crippen LogP contribution in [0.15, 0.2) is 60.8 Å². The van der Waals surface area contributed by atoms with Crippen molar-refractivity contribution < 1.29 is 42.9 Å². The van der Waals surface area contributed by atoms with E-state index in [0.29, 0.717) is 17.4 Å². The molecular formula is C39H65NO8. The van der Waals surface area contributed by atoms with Gasteiger partial charge >= 0.3 is 11.9 Å². The van der Waals surface area contributed by atoms with Gasteiger partial charge in [-0.3, -0.25) is 9.59 Å². The molecule has 48 heavy (non-hydrogen) atoms. The van der Waals surface area contributed by atoms with Gasteiger partial charge in [0.1, 0.15) is 13.2 Å². The minimum absolute atomic E-state index is 0.0140. The number of nitrogens with zero attached hydrogens (tertiary/aromatic N) is 1. The van der Waals surface area contributed by atoms with Crippen LogP contribution in [-0.4, -0.2) is 82.3 Å². The smallest absolute Gasteiger partial charge is 0.310 e. The number of hydrogen-bond donors (Lipinski definition) is 0. The first-order chi connectivity index (χ1) is 23.1. The molecule has 0 aliphatic rings. The van der Waals surface area contributed by atoms with Crippen LogP contribution in [0.1, 0.15) is 110 Å². The fourth-order valence-electron chi connectivity index (χ4n) is 4.25. The molecule has 0 heterocycles. The van der Waals surface area contributed by atoms with Crippen LogP contribution in [0.3, 0.4) is 0 Å². The highest BCUT2D eigenvalue weighted by Crippen LogP contribution is 2.11. The Morgan fingerprint density at radius 3 is 1.69 bits per heavy atom. The van der Waals surface area contributed by atoms with Gasteiger partial charge in [0.15, 0.2) is 12.4 Å². The molecule has 0 aromatic heterocycles. The summed E-state index contributed by atoms with van der Waals surface area (Å²) in [5.74, 6) is -2.47. The Balaban J connectivity index is 4.74. The van der Waals surface area contributed by atoms with Gasteiger partial charge in [-0.05, 0) is 38.5 Å². The molecule has 0 aliphatic carbocycles. The molecule has 0 saturated carbocycles. The van der Waals surface area contributed by atoms with Gasteiger partial charge in [0.25, 0.3) is 0 Å². The molecule has 0 fully saturated rings. The average molecular weight is 676 g/mol. The van der Waals surface area contributed by atoms with E-state index in [-0.39, 0.29) is 32.7 Å². The van der Waals surface area contributed by atoms with E-state index in [1.54, 1.807) is 6.08 Å². The number of carboxylic acid groups (broad SMARTS) is 1. The van der Waals surface area contributed by atoms with Gasteiger partial charge in [-0.2, -0.15) is 0 Å². The summed E-state index contributed by atoms with van der Waals surface area (Å²) in [7, 11) is 5.85. The Kier molecular flexibility index (Phi) is 29.3. The molecule has 2 unspecified atom stereocenters. The van der Waals surface area contributed by atoms with E-state index < -0.39 is 30.3 Å². The fraction of sp³-hybridized carbons (Fsp3) is 0.667. The number of carboxylic acids is 1. The standard InChI is InChI=1S/C39H65NO8/c1-6-8-10-12-14-16-17-18-19-20-21-22-24-26-28-30-37(42)48-35(34-47-39(38(43)44)45-32-31-40(3,4)5)33-46-36(41)29-27-25-23-15-13-11-9-7-2/h8,10,14,16,18-19,21-22,26,28,35,39H,6-7,9,11-13,15,17,20,23-25,27,29-34H2,1-5H3/b10-8-,16-14-,19-18-,22-21-,28-26-. The number of allylic oxidation sites excluding steroid dienone is 9. The van der Waals surface area contributed by atoms with E-state index in [0.717, 1.165) is 44.9 Å². The molecule has 0 aromatic carbocycles. The number of likely N-dealkylation sites (N-methyl/N-ethyl adjacent to an activating group) is 1. The van der Waals surface area contributed by atoms with E-state index in [1.807, 2.05) is 33.3 Å². The molecule has 9 heteroatoms. The van der Waals surface area contributed by atoms with Crippen molar-refractivity contribution in [2.24, 2.45) is 0 Å². The molecular weight excluding hydrogens is 610 g/mol. The lowest BCUT2D eigenvalue weighted by Crippen LogP contribution is -2.44. The van der Waals surface area contributed by atoms with E-state index in [2.05, 4.69) is 56.4 Å². The molecule has 274 valence electrons. The number of rotatable bonds is 31. The predicted molar refractivity (Wildman–Crippen MR) is 191 cm³/mol. The van der Waals surface area contributed by atoms with Gasteiger partial charge in [-0.25, -0.2) is 0 Å². The molecule has 0 aliphatic heterocycles. The van der Waals surface area contributed by atoms with Gasteiger partial charge in [0.05, 0.1) is 46.7 Å². The Morgan fingerprint density at radius 1 is 0.646 bits per heavy atom. The zero-order valence-corrected chi connectivity index (χ0v) is 30.6. The van der Waals surface area contributed by atoms with E-state index >= 15 is 0 Å². The zero-order chi connectivity index (χ0) is 35.7. The van der Waals surface area contributed by atoms with Gasteiger partial charge in [0.2, 0.25) is 0 Å². The van der Waals surface area contributed by atoms with Crippen molar-refractivity contribution in [2.75, 3.05) is 47.5 Å². The molecule has 2 atom stereocenters. The first kappa shape index (κ1) is 45.0. The number of quaternary nitrogens is 1. The highest BCUT2D eigenvalue weighted by Gasteiger charge is 2.21. The van der Waals surface area contributed by atoms with Crippen LogP contribution >= 0.6 is 0 Å². The van der Waals surface area contributed by atoms with Crippen molar-refractivity contribution in [2.45, 2.75) is 123 Å². The SMILES string of the molecule is CC/C=C\C/C=C\C/C=C\C/C=C\C/C=C\CC(=O)OC(COC(=O)CCCCCCCCCC)COC(OCC[N+](C)(C)C)C(=O)[O-]. The van der Waals surface area contributed by atoms with Crippen LogP contribution in [0.4, 0.5) is 0 Å². The lowest BCUT2D eigenvalue weighted by molar-refractivity contribution is -0.870. The summed E-state index contributed by atoms with van der Waals surface area (Å²) in [5, 5.41) is 11.6. The minimum Gasteiger partial charge on any atom is -0.545 e. The summed E-state index contributed by atoms with van der Waals surface area (Å²) in [6.45, 7) is 4.43. The summed E-state index contributed by atoms with van der Waals surface area (Å²) in [4.78, 5) is 36.5. The quantitative estimate of drug-likeness (QED) is 0.0256. The average Bonchev–Trinajstić information content (AvgIpc) is 3.03. The first-order valence-corrected chi connectivity index (χ1v) is 17.9. The number of carbonyl (C=O) groups excluding carboxylic acids is 3. The summed E-state index contributed by atoms with van der Waals surface area (Å²) in [5.41, 5.74) is 0. The number of hydrogen-bond acceptors (Lipinski definition) is 8. The van der Waals surface area contributed by atoms with Gasteiger partial charge in [0, 0.05) is 6.42 Å². The van der Waals surface area contributed by atoms with Gasteiger partial charge in [-0.1, -0.05) is 120 Å². The molecule has 0 amide bonds. The van der Waals surface area contributed by atoms with Gasteiger partial charge in [-0.15, -0.1) is 0 Å². The second-order valence-corrected chi connectivity index (χ2v) is 12.8. The molecule has 0 aromatic rings. The molecule has 0 spiro atoms. The zero-order valence-electron chi connectivity index (χ0n) is 30.6. The lowest BCUT2D eigenvalue weighted by atomic mass is 10.1. The first-order valence-electron chi connectivity index (χ1n) is 17.9. The van der Waals surface area contributed by atoms with Gasteiger partial charge < -0.3 is 33.3 Å². The van der Waals surface area contributed by atoms with Crippen LogP contribution < -0.4 is 5.11 Å². The van der Waals surface area contributed by atoms with Crippen LogP contribution in [0, 0.1) is 0 Å². The number of ether oxygens (including phenoxy) is 4. The topological polar surface area (TPSA) is 111 Å². The lowest BCUT2D eigenvalue weighted by Gasteiger charge is -2.26. The molecule has 0 saturated heterocycles. The van der Waals surface area contributed by atoms with Crippen molar-refractivity contribution in [3.05, 3.63) is 60.8 Å². The summed E-state index contributed by atoms with van der Waals surface area (Å²) >= 11 is 0. The van der Waals surface area contributed by atoms with Crippen LogP contribution in [0.25, 0.3) is 0 Å². The molecule has 0 rings (SSSR count). The summed E-state index contributed by atoms with van der Waals surface area (Å²) in [6, 6.07) is 0. The third-order valence-corrected chi connectivity index (χ3v) is 7.06. The highest BCUT2D eigenvalue weighted by molar-refractivity contribution is 5.71. The monoisotopic (exact) mass is 675 g/mol. The van der Waals surface area contributed by atoms with Crippen LogP contribution in [0.5, 0.6) is 0 Å². The Hall–Kier alpha value is -3.01. The maximum absolute atomic E-state index is 12.6. The van der Waals surface area contributed by atoms with Crippen molar-refractivity contribution in [3.63, 3.8) is 0 Å². The van der Waals surface area contributed by atoms with E-state index in [4.69, 9.17) is 18.9 Å². The van der Waals surface area contributed by atoms with Crippen LogP contribution in [-0.2, 0) is 33.3 Å². The molecule has 0 bridgehead atoms. The number of aliphatic carboxylic acids is 1. The van der Waals surface area contributed by atoms with Crippen molar-refractivity contribution in [1.29, 1.82) is 0 Å². The van der Waals surface area contributed by atoms with E-state index in [1.165, 1.54) is 32.1 Å². The van der Waals surface area contributed by atoms with E-state index in [9.17, 15) is 19.5 Å². The summed E-state index contributed by atoms with van der Waals surface area (Å²) < 4.78 is 22.2. The third kappa shape index (κ3) is 31.6. The second-order valence-electron chi connectivity index (χ2n) is 12.8. The van der Waals surface area contributed by atoms with Crippen molar-refractivity contribution >= 4 is 17.9 Å². The minimum atomic E-state index is -1.64. The molecule has 0 radical (unpaired) electrons. The maximum atomic E-state index is 12.6. The summed E-state index contributed by atoms with van der Waals surface area (Å²) in [6.07, 6.45) is 31.6. The predicted octanol–water partition coefficient (Wildman–Crippen LogP) is 6.93. The maximum Gasteiger partial charge on any atom is 0.310 e. The molecule has 9 nitrogen and oxygen atoms in total. The largest absolute Gasteiger partial charge is 0.545 e. The van der Waals surface area contributed by atoms with Crippen molar-refractivity contribution in [3.8, 4) is 0 Å². The highest BCUT2D eigenvalue weighted by atomic mass is 16.7. The number of unbranched alkanes of at least 4 members (excludes halogenated alkanes) is 7. The normalized spacial score (nSPS) is 13.8. The fourth-order valence-corrected chi connectivity index (χ4v) is 4.25. The second kappa shape index (κ2) is 31.3. The third-order valence-electron chi connectivity index (χ3n) is 7.06.